The van der Waals surface area contributed by atoms with Crippen LogP contribution in [0.25, 0.3) is 0 Å². The van der Waals surface area contributed by atoms with Gasteiger partial charge in [0.15, 0.2) is 12.4 Å². The molecule has 2 heterocycles. The molecule has 35 heavy (non-hydrogen) atoms. The number of nitrogens with one attached hydrogen (secondary N) is 1. The Kier molecular flexibility index (Phi) is 8.89. The van der Waals surface area contributed by atoms with E-state index in [-0.39, 0.29) is 0 Å². The fourth-order valence-electron chi connectivity index (χ4n) is 2.91. The van der Waals surface area contributed by atoms with Gasteiger partial charge in [0.1, 0.15) is 24.4 Å². The van der Waals surface area contributed by atoms with E-state index < -0.39 is 105 Å². The third-order valence-electron chi connectivity index (χ3n) is 4.26. The molecule has 0 spiro atoms. The number of aliphatic carboxylic acids is 1. The van der Waals surface area contributed by atoms with Crippen LogP contribution in [0.1, 0.15) is 6.42 Å². The number of hydrogen-bond acceptors (Lipinski definition) is 15. The van der Waals surface area contributed by atoms with Crippen molar-refractivity contribution in [3.63, 3.8) is 0 Å². The number of ether oxygens (including phenoxy) is 3. The first-order valence-corrected chi connectivity index (χ1v) is 13.0. The van der Waals surface area contributed by atoms with Gasteiger partial charge < -0.3 is 38.8 Å². The third-order valence-corrected chi connectivity index (χ3v) is 5.66. The summed E-state index contributed by atoms with van der Waals surface area (Å²) in [6, 6.07) is -2.16. The Morgan fingerprint density at radius 1 is 1.03 bits per heavy atom. The molecule has 1 fully saturated rings. The van der Waals surface area contributed by atoms with E-state index >= 15 is 0 Å². The van der Waals surface area contributed by atoms with Gasteiger partial charge in [-0.15, -0.1) is 0 Å². The lowest BCUT2D eigenvalue weighted by molar-refractivity contribution is -0.263. The van der Waals surface area contributed by atoms with Crippen molar-refractivity contribution < 1.29 is 86.7 Å². The van der Waals surface area contributed by atoms with Gasteiger partial charge in [0, 0.05) is 6.42 Å². The van der Waals surface area contributed by atoms with Crippen LogP contribution in [0.5, 0.6) is 0 Å². The number of hydrogen-bond donors (Lipinski definition) is 8. The van der Waals surface area contributed by atoms with Crippen molar-refractivity contribution in [1.29, 1.82) is 0 Å². The molecule has 0 aliphatic carbocycles. The molecule has 0 aromatic carbocycles. The lowest BCUT2D eigenvalue weighted by Crippen LogP contribution is -2.65. The maximum atomic E-state index is 11.3. The fourth-order valence-corrected chi connectivity index (χ4v) is 4.22. The van der Waals surface area contributed by atoms with Crippen molar-refractivity contribution in [1.82, 2.24) is 4.72 Å². The summed E-state index contributed by atoms with van der Waals surface area (Å²) < 4.78 is 117. The summed E-state index contributed by atoms with van der Waals surface area (Å²) in [6.07, 6.45) is -13.7. The first-order chi connectivity index (χ1) is 15.8. The van der Waals surface area contributed by atoms with E-state index in [1.165, 1.54) is 4.72 Å². The van der Waals surface area contributed by atoms with Crippen LogP contribution < -0.4 is 4.72 Å². The van der Waals surface area contributed by atoms with Gasteiger partial charge in [-0.3, -0.25) is 13.7 Å². The average molecular weight is 577 g/mol. The Hall–Kier alpha value is -1.90. The van der Waals surface area contributed by atoms with Crippen molar-refractivity contribution in [2.45, 2.75) is 49.3 Å². The highest BCUT2D eigenvalue weighted by atomic mass is 32.3. The van der Waals surface area contributed by atoms with Crippen LogP contribution in [0.2, 0.25) is 0 Å². The molecule has 0 aromatic heterocycles. The zero-order valence-corrected chi connectivity index (χ0v) is 19.2. The molecule has 204 valence electrons. The zero-order chi connectivity index (χ0) is 26.9. The van der Waals surface area contributed by atoms with E-state index in [1.54, 1.807) is 0 Å². The Labute approximate surface area is 196 Å². The van der Waals surface area contributed by atoms with E-state index in [0.29, 0.717) is 0 Å². The quantitative estimate of drug-likeness (QED) is 0.113. The molecular formula is C12H19NO19S3. The third kappa shape index (κ3) is 8.62. The van der Waals surface area contributed by atoms with Crippen molar-refractivity contribution in [3.8, 4) is 0 Å². The Bertz CT molecular complexity index is 1140. The van der Waals surface area contributed by atoms with Crippen LogP contribution in [0.3, 0.4) is 0 Å². The van der Waals surface area contributed by atoms with E-state index in [2.05, 4.69) is 8.37 Å². The first kappa shape index (κ1) is 29.3. The van der Waals surface area contributed by atoms with Crippen molar-refractivity contribution in [2.24, 2.45) is 0 Å². The summed E-state index contributed by atoms with van der Waals surface area (Å²) in [5.41, 5.74) is 0. The van der Waals surface area contributed by atoms with Gasteiger partial charge in [0.2, 0.25) is 11.9 Å². The number of carboxylic acid groups (broad SMARTS) is 1. The van der Waals surface area contributed by atoms with Crippen molar-refractivity contribution >= 4 is 37.1 Å². The smallest absolute Gasteiger partial charge is 0.446 e. The van der Waals surface area contributed by atoms with E-state index in [1.807, 2.05) is 0 Å². The summed E-state index contributed by atoms with van der Waals surface area (Å²) in [4.78, 5) is 11.3. The molecule has 0 unspecified atom stereocenters. The minimum absolute atomic E-state index is 0.836. The maximum Gasteiger partial charge on any atom is 0.446 e. The van der Waals surface area contributed by atoms with Crippen LogP contribution in [-0.2, 0) is 58.5 Å². The van der Waals surface area contributed by atoms with Crippen LogP contribution in [-0.4, -0.2) is 115 Å². The highest BCUT2D eigenvalue weighted by Crippen LogP contribution is 2.32. The lowest BCUT2D eigenvalue weighted by atomic mass is 9.97. The molecule has 8 N–H and O–H groups in total. The van der Waals surface area contributed by atoms with E-state index in [9.17, 15) is 45.4 Å². The maximum absolute atomic E-state index is 11.3. The highest BCUT2D eigenvalue weighted by molar-refractivity contribution is 7.83. The fraction of sp³-hybridized carbons (Fsp3) is 0.750. The second-order valence-corrected chi connectivity index (χ2v) is 10.1. The molecular weight excluding hydrogens is 558 g/mol. The van der Waals surface area contributed by atoms with Gasteiger partial charge in [-0.2, -0.15) is 30.0 Å². The zero-order valence-electron chi connectivity index (χ0n) is 16.7. The summed E-state index contributed by atoms with van der Waals surface area (Å²) in [6.45, 7) is -1.26. The number of rotatable bonds is 10. The minimum atomic E-state index is -5.39. The van der Waals surface area contributed by atoms with Crippen LogP contribution in [0, 0.1) is 0 Å². The van der Waals surface area contributed by atoms with Gasteiger partial charge in [-0.25, -0.2) is 8.98 Å². The van der Waals surface area contributed by atoms with Crippen molar-refractivity contribution in [2.75, 3.05) is 6.61 Å². The van der Waals surface area contributed by atoms with Gasteiger partial charge in [-0.05, 0) is 0 Å². The Morgan fingerprint density at radius 3 is 2.11 bits per heavy atom. The van der Waals surface area contributed by atoms with Crippen LogP contribution in [0.15, 0.2) is 11.7 Å². The Morgan fingerprint density at radius 2 is 1.63 bits per heavy atom. The van der Waals surface area contributed by atoms with Crippen LogP contribution >= 0.6 is 0 Å². The standard InChI is InChI=1S/C12H19NO19S3/c14-3-1-4(10(16)17)30-12(8(3)32-35(25,26)27)31-9-5(2-28-34(22,23)24)29-11(18)6(7(9)15)13-33(19,20)21/h3-7,9,11,13-15,18H,1-2H2,(H,16,17)(H,19,20,21)(H,22,23,24)(H,25,26,27)/t3-,4-,5+,6+,7+,9+,11-/m0/s1. The summed E-state index contributed by atoms with van der Waals surface area (Å²) >= 11 is 0. The largest absolute Gasteiger partial charge is 0.479 e. The van der Waals surface area contributed by atoms with Gasteiger partial charge >= 0.3 is 43.0 Å². The molecule has 2 aliphatic heterocycles. The number of aliphatic hydroxyl groups excluding tert-OH is 3. The molecule has 0 saturated carbocycles. The molecule has 23 heteroatoms. The second kappa shape index (κ2) is 10.6. The molecule has 1 saturated heterocycles. The average Bonchev–Trinajstić information content (AvgIpc) is 2.65. The van der Waals surface area contributed by atoms with E-state index in [0.717, 1.165) is 0 Å². The van der Waals surface area contributed by atoms with E-state index in [4.69, 9.17) is 33.0 Å². The molecule has 0 aromatic rings. The Balaban J connectivity index is 2.51. The number of carboxylic acids is 1. The second-order valence-electron chi connectivity index (χ2n) is 6.83. The normalized spacial score (nSPS) is 32.6. The molecule has 2 aliphatic rings. The van der Waals surface area contributed by atoms with Gasteiger partial charge in [-0.1, -0.05) is 0 Å². The molecule has 0 bridgehead atoms. The van der Waals surface area contributed by atoms with Gasteiger partial charge in [0.05, 0.1) is 6.61 Å². The highest BCUT2D eigenvalue weighted by Gasteiger charge is 2.50. The molecule has 0 amide bonds. The predicted molar refractivity (Wildman–Crippen MR) is 101 cm³/mol. The molecule has 7 atom stereocenters. The minimum Gasteiger partial charge on any atom is -0.479 e. The lowest BCUT2D eigenvalue weighted by Gasteiger charge is -2.42. The molecule has 2 rings (SSSR count). The predicted octanol–water partition coefficient (Wildman–Crippen LogP) is -4.75. The topological polar surface area (TPSA) is 319 Å². The summed E-state index contributed by atoms with van der Waals surface area (Å²) in [5.74, 6) is -4.29. The van der Waals surface area contributed by atoms with Crippen LogP contribution in [0.4, 0.5) is 0 Å². The SMILES string of the molecule is O=C(O)[C@@H]1C[C@H](O)C(OS(=O)(=O)O)=C(O[C@H]2[C@H](O)[C@@H](NS(=O)(=O)O)[C@@H](O)O[C@@H]2COS(=O)(=O)O)O1. The summed E-state index contributed by atoms with van der Waals surface area (Å²) in [5, 5.41) is 39.7. The number of aliphatic hydroxyl groups is 3. The summed E-state index contributed by atoms with van der Waals surface area (Å²) in [7, 11) is -15.7. The number of carbonyl (C=O) groups is 1. The molecule has 0 radical (unpaired) electrons. The monoisotopic (exact) mass is 577 g/mol. The van der Waals surface area contributed by atoms with Crippen molar-refractivity contribution in [3.05, 3.63) is 11.7 Å². The molecule has 20 nitrogen and oxygen atoms in total. The first-order valence-electron chi connectivity index (χ1n) is 8.81. The van der Waals surface area contributed by atoms with Gasteiger partial charge in [0.25, 0.3) is 0 Å².